The second-order valence-electron chi connectivity index (χ2n) is 5.94. The molecule has 21 heavy (non-hydrogen) atoms. The number of pyridine rings is 1. The molecule has 6 heteroatoms. The van der Waals surface area contributed by atoms with Crippen molar-refractivity contribution >= 4 is 23.3 Å². The molecule has 0 spiro atoms. The van der Waals surface area contributed by atoms with Crippen LogP contribution in [0.15, 0.2) is 12.1 Å². The number of anilines is 1. The molecule has 1 saturated heterocycles. The number of nitrogens with zero attached hydrogens (tertiary/aromatic N) is 2. The highest BCUT2D eigenvalue weighted by Gasteiger charge is 2.38. The highest BCUT2D eigenvalue weighted by molar-refractivity contribution is 6.31. The van der Waals surface area contributed by atoms with Gasteiger partial charge in [-0.15, -0.1) is 0 Å². The number of likely N-dealkylation sites (tertiary alicyclic amines) is 1. The van der Waals surface area contributed by atoms with E-state index in [0.29, 0.717) is 18.1 Å². The molecule has 1 atom stereocenters. The third-order valence-electron chi connectivity index (χ3n) is 4.00. The van der Waals surface area contributed by atoms with Gasteiger partial charge in [-0.3, -0.25) is 9.69 Å². The van der Waals surface area contributed by atoms with Crippen LogP contribution in [0, 0.1) is 5.41 Å². The van der Waals surface area contributed by atoms with Crippen LogP contribution in [0.25, 0.3) is 0 Å². The van der Waals surface area contributed by atoms with E-state index < -0.39 is 5.41 Å². The average molecular weight is 311 g/mol. The molecule has 1 fully saturated rings. The summed E-state index contributed by atoms with van der Waals surface area (Å²) in [5.74, 6) is 0.607. The van der Waals surface area contributed by atoms with Crippen molar-refractivity contribution in [3.8, 4) is 0 Å². The van der Waals surface area contributed by atoms with E-state index in [0.717, 1.165) is 37.4 Å². The van der Waals surface area contributed by atoms with E-state index >= 15 is 0 Å². The van der Waals surface area contributed by atoms with E-state index in [1.165, 1.54) is 0 Å². The highest BCUT2D eigenvalue weighted by atomic mass is 35.5. The zero-order chi connectivity index (χ0) is 15.5. The molecule has 1 aliphatic rings. The number of rotatable bonds is 6. The molecule has 0 aromatic carbocycles. The molecule has 0 aliphatic carbocycles. The standard InChI is InChI=1S/C15H23ClN4O/c1-3-7-18-13-5-4-11(16)12(19-13)9-20-8-6-15(2,10-20)14(17)21/h4-5H,3,6-10H2,1-2H3,(H2,17,21)(H,18,19). The molecule has 0 bridgehead atoms. The Balaban J connectivity index is 2.04. The topological polar surface area (TPSA) is 71.2 Å². The predicted molar refractivity (Wildman–Crippen MR) is 85.2 cm³/mol. The predicted octanol–water partition coefficient (Wildman–Crippen LogP) is 2.25. The maximum Gasteiger partial charge on any atom is 0.224 e. The second kappa shape index (κ2) is 6.62. The van der Waals surface area contributed by atoms with Crippen LogP contribution in [-0.4, -0.2) is 35.4 Å². The summed E-state index contributed by atoms with van der Waals surface area (Å²) in [6.45, 7) is 7.06. The van der Waals surface area contributed by atoms with Gasteiger partial charge in [0.05, 0.1) is 16.1 Å². The SMILES string of the molecule is CCCNc1ccc(Cl)c(CN2CCC(C)(C(N)=O)C2)n1. The Morgan fingerprint density at radius 1 is 1.57 bits per heavy atom. The molecule has 1 amide bonds. The van der Waals surface area contributed by atoms with E-state index in [4.69, 9.17) is 17.3 Å². The van der Waals surface area contributed by atoms with Gasteiger partial charge in [0.2, 0.25) is 5.91 Å². The molecule has 2 heterocycles. The van der Waals surface area contributed by atoms with Gasteiger partial charge in [0.15, 0.2) is 0 Å². The minimum absolute atomic E-state index is 0.234. The summed E-state index contributed by atoms with van der Waals surface area (Å²) in [4.78, 5) is 18.3. The molecule has 2 rings (SSSR count). The quantitative estimate of drug-likeness (QED) is 0.845. The summed E-state index contributed by atoms with van der Waals surface area (Å²) < 4.78 is 0. The van der Waals surface area contributed by atoms with E-state index in [-0.39, 0.29) is 5.91 Å². The molecule has 5 nitrogen and oxygen atoms in total. The summed E-state index contributed by atoms with van der Waals surface area (Å²) in [7, 11) is 0. The van der Waals surface area contributed by atoms with E-state index in [1.807, 2.05) is 19.1 Å². The first-order valence-corrected chi connectivity index (χ1v) is 7.74. The van der Waals surface area contributed by atoms with Crippen LogP contribution in [-0.2, 0) is 11.3 Å². The Morgan fingerprint density at radius 3 is 2.95 bits per heavy atom. The number of primary amides is 1. The van der Waals surface area contributed by atoms with Crippen LogP contribution in [0.3, 0.4) is 0 Å². The van der Waals surface area contributed by atoms with Crippen molar-refractivity contribution in [3.63, 3.8) is 0 Å². The number of nitrogens with two attached hydrogens (primary N) is 1. The van der Waals surface area contributed by atoms with Crippen molar-refractivity contribution in [2.75, 3.05) is 25.0 Å². The number of nitrogens with one attached hydrogen (secondary N) is 1. The lowest BCUT2D eigenvalue weighted by Gasteiger charge is -2.21. The van der Waals surface area contributed by atoms with E-state index in [2.05, 4.69) is 22.1 Å². The van der Waals surface area contributed by atoms with Gasteiger partial charge in [-0.05, 0) is 38.4 Å². The van der Waals surface area contributed by atoms with E-state index in [1.54, 1.807) is 0 Å². The van der Waals surface area contributed by atoms with E-state index in [9.17, 15) is 4.79 Å². The smallest absolute Gasteiger partial charge is 0.224 e. The Bertz CT molecular complexity index is 522. The lowest BCUT2D eigenvalue weighted by Crippen LogP contribution is -2.37. The van der Waals surface area contributed by atoms with Crippen LogP contribution in [0.1, 0.15) is 32.4 Å². The number of carbonyl (C=O) groups is 1. The molecule has 116 valence electrons. The van der Waals surface area contributed by atoms with Gasteiger partial charge in [0.1, 0.15) is 5.82 Å². The Labute approximate surface area is 130 Å². The zero-order valence-electron chi connectivity index (χ0n) is 12.7. The summed E-state index contributed by atoms with van der Waals surface area (Å²) in [6, 6.07) is 3.75. The number of halogens is 1. The monoisotopic (exact) mass is 310 g/mol. The Hall–Kier alpha value is -1.33. The molecular formula is C15H23ClN4O. The molecule has 1 aromatic rings. The number of carbonyl (C=O) groups excluding carboxylic acids is 1. The van der Waals surface area contributed by atoms with Gasteiger partial charge in [0, 0.05) is 19.6 Å². The fourth-order valence-electron chi connectivity index (χ4n) is 2.55. The first kappa shape index (κ1) is 16.0. The number of hydrogen-bond donors (Lipinski definition) is 2. The van der Waals surface area contributed by atoms with Crippen molar-refractivity contribution in [1.29, 1.82) is 0 Å². The summed E-state index contributed by atoms with van der Waals surface area (Å²) in [5.41, 5.74) is 5.88. The van der Waals surface area contributed by atoms with Crippen LogP contribution in [0.5, 0.6) is 0 Å². The fraction of sp³-hybridized carbons (Fsp3) is 0.600. The Kier molecular flexibility index (Phi) is 5.06. The molecule has 0 radical (unpaired) electrons. The minimum atomic E-state index is -0.440. The molecule has 0 saturated carbocycles. The first-order chi connectivity index (χ1) is 9.94. The van der Waals surface area contributed by atoms with Crippen molar-refractivity contribution in [2.24, 2.45) is 11.1 Å². The highest BCUT2D eigenvalue weighted by Crippen LogP contribution is 2.31. The molecular weight excluding hydrogens is 288 g/mol. The minimum Gasteiger partial charge on any atom is -0.370 e. The third-order valence-corrected chi connectivity index (χ3v) is 4.34. The molecule has 1 aromatic heterocycles. The van der Waals surface area contributed by atoms with Gasteiger partial charge in [-0.1, -0.05) is 18.5 Å². The lowest BCUT2D eigenvalue weighted by molar-refractivity contribution is -0.126. The van der Waals surface area contributed by atoms with Gasteiger partial charge in [0.25, 0.3) is 0 Å². The maximum absolute atomic E-state index is 11.5. The first-order valence-electron chi connectivity index (χ1n) is 7.36. The van der Waals surface area contributed by atoms with Crippen LogP contribution >= 0.6 is 11.6 Å². The summed E-state index contributed by atoms with van der Waals surface area (Å²) in [6.07, 6.45) is 1.83. The van der Waals surface area contributed by atoms with Crippen molar-refractivity contribution in [2.45, 2.75) is 33.2 Å². The number of aromatic nitrogens is 1. The van der Waals surface area contributed by atoms with Gasteiger partial charge in [-0.2, -0.15) is 0 Å². The largest absolute Gasteiger partial charge is 0.370 e. The number of amides is 1. The molecule has 1 aliphatic heterocycles. The normalized spacial score (nSPS) is 22.4. The van der Waals surface area contributed by atoms with Crippen molar-refractivity contribution in [1.82, 2.24) is 9.88 Å². The van der Waals surface area contributed by atoms with Crippen molar-refractivity contribution in [3.05, 3.63) is 22.8 Å². The lowest BCUT2D eigenvalue weighted by atomic mass is 9.89. The fourth-order valence-corrected chi connectivity index (χ4v) is 2.72. The van der Waals surface area contributed by atoms with Crippen molar-refractivity contribution < 1.29 is 4.79 Å². The number of hydrogen-bond acceptors (Lipinski definition) is 4. The van der Waals surface area contributed by atoms with Crippen LogP contribution in [0.2, 0.25) is 5.02 Å². The molecule has 1 unspecified atom stereocenters. The maximum atomic E-state index is 11.5. The summed E-state index contributed by atoms with van der Waals surface area (Å²) >= 11 is 6.23. The summed E-state index contributed by atoms with van der Waals surface area (Å²) in [5, 5.41) is 3.92. The van der Waals surface area contributed by atoms with Crippen LogP contribution < -0.4 is 11.1 Å². The third kappa shape index (κ3) is 3.86. The zero-order valence-corrected chi connectivity index (χ0v) is 13.4. The van der Waals surface area contributed by atoms with Gasteiger partial charge < -0.3 is 11.1 Å². The molecule has 3 N–H and O–H groups in total. The Morgan fingerprint density at radius 2 is 2.33 bits per heavy atom. The van der Waals surface area contributed by atoms with Crippen LogP contribution in [0.4, 0.5) is 5.82 Å². The van der Waals surface area contributed by atoms with Gasteiger partial charge in [-0.25, -0.2) is 4.98 Å². The average Bonchev–Trinajstić information content (AvgIpc) is 2.82. The van der Waals surface area contributed by atoms with Gasteiger partial charge >= 0.3 is 0 Å². The second-order valence-corrected chi connectivity index (χ2v) is 6.34.